The van der Waals surface area contributed by atoms with Crippen LogP contribution < -0.4 is 4.90 Å². The number of nitrogens with zero attached hydrogens (tertiary/aromatic N) is 3. The van der Waals surface area contributed by atoms with Gasteiger partial charge in [-0.2, -0.15) is 13.2 Å². The summed E-state index contributed by atoms with van der Waals surface area (Å²) in [5.74, 6) is 0. The van der Waals surface area contributed by atoms with Crippen molar-refractivity contribution in [3.63, 3.8) is 0 Å². The molecule has 19 heavy (non-hydrogen) atoms. The second-order valence-electron chi connectivity index (χ2n) is 4.92. The molecule has 1 aliphatic heterocycles. The van der Waals surface area contributed by atoms with Crippen molar-refractivity contribution in [3.05, 3.63) is 24.0 Å². The van der Waals surface area contributed by atoms with Crippen LogP contribution in [0.25, 0.3) is 0 Å². The van der Waals surface area contributed by atoms with Crippen LogP contribution in [0.2, 0.25) is 0 Å². The Balaban J connectivity index is 2.04. The predicted octanol–water partition coefficient (Wildman–Crippen LogP) is 2.98. The van der Waals surface area contributed by atoms with E-state index < -0.39 is 11.9 Å². The number of piperidine rings is 1. The van der Waals surface area contributed by atoms with Crippen LogP contribution in [0.5, 0.6) is 0 Å². The normalized spacial score (nSPS) is 17.5. The lowest BCUT2D eigenvalue weighted by atomic mass is 10.1. The standard InChI is InChI=1S/C13H18F3N3/c1-18(10-19-7-3-2-4-8-19)11-5-6-17-12(9-11)13(14,15)16/h5-6,9H,2-4,7-8,10H2,1H3. The van der Waals surface area contributed by atoms with E-state index in [1.54, 1.807) is 6.07 Å². The summed E-state index contributed by atoms with van der Waals surface area (Å²) in [5.41, 5.74) is -0.289. The maximum absolute atomic E-state index is 12.6. The average molecular weight is 273 g/mol. The molecule has 1 saturated heterocycles. The molecule has 0 saturated carbocycles. The SMILES string of the molecule is CN(CN1CCCCC1)c1ccnc(C(F)(F)F)c1. The van der Waals surface area contributed by atoms with Crippen molar-refractivity contribution in [2.75, 3.05) is 31.7 Å². The summed E-state index contributed by atoms with van der Waals surface area (Å²) in [6, 6.07) is 2.71. The minimum atomic E-state index is -4.39. The molecule has 0 bridgehead atoms. The zero-order valence-electron chi connectivity index (χ0n) is 11.0. The molecular weight excluding hydrogens is 255 g/mol. The van der Waals surface area contributed by atoms with Crippen LogP contribution in [0.3, 0.4) is 0 Å². The van der Waals surface area contributed by atoms with Crippen LogP contribution in [0, 0.1) is 0 Å². The molecule has 106 valence electrons. The van der Waals surface area contributed by atoms with Gasteiger partial charge in [0.1, 0.15) is 5.69 Å². The molecule has 1 aromatic rings. The van der Waals surface area contributed by atoms with Crippen LogP contribution in [0.4, 0.5) is 18.9 Å². The molecule has 1 fully saturated rings. The minimum absolute atomic E-state index is 0.549. The van der Waals surface area contributed by atoms with Crippen LogP contribution >= 0.6 is 0 Å². The fourth-order valence-corrected chi connectivity index (χ4v) is 2.29. The Bertz CT molecular complexity index is 414. The van der Waals surface area contributed by atoms with Gasteiger partial charge >= 0.3 is 6.18 Å². The zero-order chi connectivity index (χ0) is 13.9. The van der Waals surface area contributed by atoms with Gasteiger partial charge in [-0.3, -0.25) is 9.88 Å². The molecule has 0 aromatic carbocycles. The first-order valence-corrected chi connectivity index (χ1v) is 6.43. The highest BCUT2D eigenvalue weighted by atomic mass is 19.4. The first kappa shape index (κ1) is 14.1. The lowest BCUT2D eigenvalue weighted by Crippen LogP contribution is -2.39. The first-order chi connectivity index (χ1) is 8.97. The third-order valence-electron chi connectivity index (χ3n) is 3.34. The fraction of sp³-hybridized carbons (Fsp3) is 0.615. The summed E-state index contributed by atoms with van der Waals surface area (Å²) in [5, 5.41) is 0. The highest BCUT2D eigenvalue weighted by Gasteiger charge is 2.32. The molecule has 1 aromatic heterocycles. The predicted molar refractivity (Wildman–Crippen MR) is 67.9 cm³/mol. The average Bonchev–Trinajstić information content (AvgIpc) is 2.39. The van der Waals surface area contributed by atoms with E-state index in [1.165, 1.54) is 12.6 Å². The molecule has 0 atom stereocenters. The maximum Gasteiger partial charge on any atom is 0.433 e. The molecule has 0 aliphatic carbocycles. The van der Waals surface area contributed by atoms with Crippen molar-refractivity contribution in [2.24, 2.45) is 0 Å². The van der Waals surface area contributed by atoms with Gasteiger partial charge < -0.3 is 4.90 Å². The Kier molecular flexibility index (Phi) is 4.29. The molecule has 3 nitrogen and oxygen atoms in total. The van der Waals surface area contributed by atoms with Crippen molar-refractivity contribution in [2.45, 2.75) is 25.4 Å². The van der Waals surface area contributed by atoms with Gasteiger partial charge in [0.05, 0.1) is 6.67 Å². The van der Waals surface area contributed by atoms with Gasteiger partial charge in [0.25, 0.3) is 0 Å². The highest BCUT2D eigenvalue weighted by Crippen LogP contribution is 2.29. The van der Waals surface area contributed by atoms with Gasteiger partial charge in [-0.05, 0) is 38.1 Å². The van der Waals surface area contributed by atoms with Crippen LogP contribution in [0.1, 0.15) is 25.0 Å². The Morgan fingerprint density at radius 1 is 1.26 bits per heavy atom. The highest BCUT2D eigenvalue weighted by molar-refractivity contribution is 5.46. The van der Waals surface area contributed by atoms with E-state index in [9.17, 15) is 13.2 Å². The van der Waals surface area contributed by atoms with E-state index in [4.69, 9.17) is 0 Å². The Morgan fingerprint density at radius 3 is 2.58 bits per heavy atom. The van der Waals surface area contributed by atoms with Gasteiger partial charge in [0.15, 0.2) is 0 Å². The summed E-state index contributed by atoms with van der Waals surface area (Å²) < 4.78 is 37.8. The van der Waals surface area contributed by atoms with Crippen molar-refractivity contribution in [3.8, 4) is 0 Å². The summed E-state index contributed by atoms with van der Waals surface area (Å²) in [6.45, 7) is 2.68. The number of rotatable bonds is 3. The van der Waals surface area contributed by atoms with E-state index in [0.29, 0.717) is 12.4 Å². The quantitative estimate of drug-likeness (QED) is 0.844. The van der Waals surface area contributed by atoms with E-state index in [2.05, 4.69) is 9.88 Å². The molecular formula is C13H18F3N3. The van der Waals surface area contributed by atoms with Crippen LogP contribution in [-0.4, -0.2) is 36.7 Å². The minimum Gasteiger partial charge on any atom is -0.361 e. The number of hydrogen-bond donors (Lipinski definition) is 0. The second-order valence-corrected chi connectivity index (χ2v) is 4.92. The molecule has 0 N–H and O–H groups in total. The Labute approximate surface area is 111 Å². The molecule has 0 unspecified atom stereocenters. The third kappa shape index (κ3) is 3.83. The van der Waals surface area contributed by atoms with Crippen molar-refractivity contribution in [1.29, 1.82) is 0 Å². The number of hydrogen-bond acceptors (Lipinski definition) is 3. The van der Waals surface area contributed by atoms with Gasteiger partial charge in [0, 0.05) is 18.9 Å². The van der Waals surface area contributed by atoms with Crippen molar-refractivity contribution < 1.29 is 13.2 Å². The summed E-state index contributed by atoms with van der Waals surface area (Å²) >= 11 is 0. The van der Waals surface area contributed by atoms with Crippen molar-refractivity contribution >= 4 is 5.69 Å². The number of aromatic nitrogens is 1. The largest absolute Gasteiger partial charge is 0.433 e. The monoisotopic (exact) mass is 273 g/mol. The van der Waals surface area contributed by atoms with Crippen LogP contribution in [0.15, 0.2) is 18.3 Å². The van der Waals surface area contributed by atoms with Gasteiger partial charge in [-0.1, -0.05) is 6.42 Å². The third-order valence-corrected chi connectivity index (χ3v) is 3.34. The molecule has 2 heterocycles. The van der Waals surface area contributed by atoms with E-state index in [1.807, 2.05) is 11.9 Å². The molecule has 0 radical (unpaired) electrons. The topological polar surface area (TPSA) is 19.4 Å². The van der Waals surface area contributed by atoms with E-state index in [0.717, 1.165) is 32.0 Å². The smallest absolute Gasteiger partial charge is 0.361 e. The Hall–Kier alpha value is -1.30. The van der Waals surface area contributed by atoms with Gasteiger partial charge in [0.2, 0.25) is 0 Å². The number of anilines is 1. The Morgan fingerprint density at radius 2 is 1.95 bits per heavy atom. The molecule has 2 rings (SSSR count). The zero-order valence-corrected chi connectivity index (χ0v) is 11.0. The maximum atomic E-state index is 12.6. The molecule has 0 spiro atoms. The lowest BCUT2D eigenvalue weighted by Gasteiger charge is -2.32. The fourth-order valence-electron chi connectivity index (χ4n) is 2.29. The van der Waals surface area contributed by atoms with Gasteiger partial charge in [-0.25, -0.2) is 0 Å². The van der Waals surface area contributed by atoms with E-state index >= 15 is 0 Å². The van der Waals surface area contributed by atoms with Crippen LogP contribution in [-0.2, 0) is 6.18 Å². The second kappa shape index (κ2) is 5.77. The van der Waals surface area contributed by atoms with Crippen molar-refractivity contribution in [1.82, 2.24) is 9.88 Å². The summed E-state index contributed by atoms with van der Waals surface area (Å²) in [7, 11) is 1.81. The van der Waals surface area contributed by atoms with Gasteiger partial charge in [-0.15, -0.1) is 0 Å². The molecule has 1 aliphatic rings. The number of pyridine rings is 1. The number of halogens is 3. The number of likely N-dealkylation sites (tertiary alicyclic amines) is 1. The molecule has 6 heteroatoms. The summed E-state index contributed by atoms with van der Waals surface area (Å²) in [4.78, 5) is 7.47. The lowest BCUT2D eigenvalue weighted by molar-refractivity contribution is -0.141. The number of alkyl halides is 3. The first-order valence-electron chi connectivity index (χ1n) is 6.43. The molecule has 0 amide bonds. The summed E-state index contributed by atoms with van der Waals surface area (Å²) in [6.07, 6.45) is 0.399. The van der Waals surface area contributed by atoms with E-state index in [-0.39, 0.29) is 0 Å².